The lowest BCUT2D eigenvalue weighted by Gasteiger charge is -2.38. The van der Waals surface area contributed by atoms with E-state index >= 15 is 0 Å². The maximum Gasteiger partial charge on any atom is 0.335 e. The average molecular weight is 556 g/mol. The Labute approximate surface area is 227 Å². The number of benzene rings is 1. The number of aryl methyl sites for hydroxylation is 2. The Morgan fingerprint density at radius 2 is 2.08 bits per heavy atom. The molecule has 1 aromatic carbocycles. The fourth-order valence-corrected chi connectivity index (χ4v) is 6.03. The molecule has 2 aromatic heterocycles. The second-order valence-electron chi connectivity index (χ2n) is 9.56. The molecule has 1 aliphatic heterocycles. The SMILES string of the molecule is COC(=O)CCn1cc2c(n1)CCC(C1=C(C(=O)O)C(c3ccc(F)c(F)c3C)N=C(c3nccs3)N1C)C2. The number of esters is 1. The van der Waals surface area contributed by atoms with Crippen molar-refractivity contribution in [3.05, 3.63) is 80.2 Å². The van der Waals surface area contributed by atoms with Crippen molar-refractivity contribution >= 4 is 29.1 Å². The van der Waals surface area contributed by atoms with Gasteiger partial charge in [0.05, 0.1) is 31.3 Å². The summed E-state index contributed by atoms with van der Waals surface area (Å²) in [4.78, 5) is 35.3. The number of carboxylic acids is 1. The van der Waals surface area contributed by atoms with E-state index in [4.69, 9.17) is 9.73 Å². The first-order valence-corrected chi connectivity index (χ1v) is 13.3. The zero-order chi connectivity index (χ0) is 27.8. The molecule has 0 fully saturated rings. The first kappa shape index (κ1) is 26.7. The molecule has 0 amide bonds. The quantitative estimate of drug-likeness (QED) is 0.438. The minimum atomic E-state index is -1.17. The van der Waals surface area contributed by atoms with E-state index in [1.54, 1.807) is 28.2 Å². The van der Waals surface area contributed by atoms with Gasteiger partial charge in [0.15, 0.2) is 22.5 Å². The van der Waals surface area contributed by atoms with Crippen molar-refractivity contribution in [2.45, 2.75) is 45.2 Å². The summed E-state index contributed by atoms with van der Waals surface area (Å²) in [5.74, 6) is -3.26. The third-order valence-corrected chi connectivity index (χ3v) is 8.06. The molecule has 0 bridgehead atoms. The molecule has 12 heteroatoms. The molecule has 2 unspecified atom stereocenters. The summed E-state index contributed by atoms with van der Waals surface area (Å²) in [5.41, 5.74) is 2.78. The number of amidine groups is 1. The number of fused-ring (bicyclic) bond motifs is 1. The number of aliphatic imine (C=N–C) groups is 1. The summed E-state index contributed by atoms with van der Waals surface area (Å²) in [6.45, 7) is 1.81. The molecule has 2 atom stereocenters. The average Bonchev–Trinajstić information content (AvgIpc) is 3.60. The predicted molar refractivity (Wildman–Crippen MR) is 139 cm³/mol. The van der Waals surface area contributed by atoms with Crippen LogP contribution >= 0.6 is 11.3 Å². The van der Waals surface area contributed by atoms with E-state index in [0.29, 0.717) is 42.3 Å². The van der Waals surface area contributed by atoms with Crippen LogP contribution in [0.15, 0.2) is 46.2 Å². The van der Waals surface area contributed by atoms with Gasteiger partial charge in [0.25, 0.3) is 0 Å². The van der Waals surface area contributed by atoms with Crippen LogP contribution in [0.4, 0.5) is 8.78 Å². The van der Waals surface area contributed by atoms with Gasteiger partial charge in [-0.2, -0.15) is 5.10 Å². The molecule has 1 N–H and O–H groups in total. The third-order valence-electron chi connectivity index (χ3n) is 7.29. The molecule has 39 heavy (non-hydrogen) atoms. The van der Waals surface area contributed by atoms with Crippen molar-refractivity contribution < 1.29 is 28.2 Å². The molecule has 2 aliphatic rings. The lowest BCUT2D eigenvalue weighted by molar-refractivity contribution is -0.141. The van der Waals surface area contributed by atoms with E-state index in [9.17, 15) is 23.5 Å². The van der Waals surface area contributed by atoms with Gasteiger partial charge >= 0.3 is 11.9 Å². The largest absolute Gasteiger partial charge is 0.478 e. The van der Waals surface area contributed by atoms with Crippen LogP contribution in [0.3, 0.4) is 0 Å². The lowest BCUT2D eigenvalue weighted by atomic mass is 9.80. The zero-order valence-electron chi connectivity index (χ0n) is 21.6. The van der Waals surface area contributed by atoms with Crippen LogP contribution in [0.1, 0.15) is 46.3 Å². The van der Waals surface area contributed by atoms with Gasteiger partial charge < -0.3 is 14.7 Å². The molecule has 0 saturated carbocycles. The first-order chi connectivity index (χ1) is 18.7. The van der Waals surface area contributed by atoms with Crippen LogP contribution in [0, 0.1) is 24.5 Å². The Morgan fingerprint density at radius 1 is 1.28 bits per heavy atom. The number of aliphatic carboxylic acids is 1. The van der Waals surface area contributed by atoms with Gasteiger partial charge in [-0.05, 0) is 48.9 Å². The summed E-state index contributed by atoms with van der Waals surface area (Å²) >= 11 is 1.36. The van der Waals surface area contributed by atoms with Crippen LogP contribution in [-0.2, 0) is 33.7 Å². The van der Waals surface area contributed by atoms with E-state index in [1.165, 1.54) is 31.4 Å². The number of thiazole rings is 1. The number of hydrogen-bond donors (Lipinski definition) is 1. The van der Waals surface area contributed by atoms with Crippen molar-refractivity contribution in [3.8, 4) is 0 Å². The lowest BCUT2D eigenvalue weighted by Crippen LogP contribution is -2.39. The van der Waals surface area contributed by atoms with Gasteiger partial charge in [-0.3, -0.25) is 14.5 Å². The van der Waals surface area contributed by atoms with Crippen LogP contribution in [0.25, 0.3) is 0 Å². The van der Waals surface area contributed by atoms with Crippen LogP contribution in [0.5, 0.6) is 0 Å². The number of methoxy groups -OCH3 is 1. The number of nitrogens with zero attached hydrogens (tertiary/aromatic N) is 5. The number of aromatic nitrogens is 3. The topological polar surface area (TPSA) is 110 Å². The highest BCUT2D eigenvalue weighted by Crippen LogP contribution is 2.42. The Bertz CT molecular complexity index is 1500. The number of carbonyl (C=O) groups excluding carboxylic acids is 1. The number of ether oxygens (including phenoxy) is 1. The number of halogens is 2. The number of carbonyl (C=O) groups is 2. The molecule has 0 saturated heterocycles. The van der Waals surface area contributed by atoms with E-state index in [1.807, 2.05) is 6.20 Å². The summed E-state index contributed by atoms with van der Waals surface area (Å²) in [7, 11) is 3.11. The monoisotopic (exact) mass is 555 g/mol. The normalized spacial score (nSPS) is 19.1. The number of carboxylic acid groups (broad SMARTS) is 1. The Hall–Kier alpha value is -3.93. The molecule has 9 nitrogen and oxygen atoms in total. The Kier molecular flexibility index (Phi) is 7.30. The Morgan fingerprint density at radius 3 is 2.77 bits per heavy atom. The highest BCUT2D eigenvalue weighted by atomic mass is 32.1. The summed E-state index contributed by atoms with van der Waals surface area (Å²) in [6, 6.07) is 1.35. The van der Waals surface area contributed by atoms with Crippen molar-refractivity contribution in [3.63, 3.8) is 0 Å². The maximum atomic E-state index is 14.6. The zero-order valence-corrected chi connectivity index (χ0v) is 22.5. The molecule has 0 spiro atoms. The van der Waals surface area contributed by atoms with Gasteiger partial charge in [0.2, 0.25) is 0 Å². The van der Waals surface area contributed by atoms with Crippen LogP contribution in [0.2, 0.25) is 0 Å². The molecule has 0 radical (unpaired) electrons. The highest BCUT2D eigenvalue weighted by molar-refractivity contribution is 7.11. The van der Waals surface area contributed by atoms with Crippen molar-refractivity contribution in [1.82, 2.24) is 19.7 Å². The molecule has 5 rings (SSSR count). The first-order valence-electron chi connectivity index (χ1n) is 12.4. The highest BCUT2D eigenvalue weighted by Gasteiger charge is 2.40. The minimum Gasteiger partial charge on any atom is -0.478 e. The van der Waals surface area contributed by atoms with E-state index in [2.05, 4.69) is 10.1 Å². The second kappa shape index (κ2) is 10.7. The van der Waals surface area contributed by atoms with Crippen LogP contribution in [-0.4, -0.2) is 56.7 Å². The van der Waals surface area contributed by atoms with Crippen molar-refractivity contribution in [2.24, 2.45) is 10.9 Å². The Balaban J connectivity index is 1.58. The number of rotatable bonds is 7. The standard InChI is InChI=1S/C27H27F2N5O4S/c1-14-17(5-6-18(28)22(14)29)23-21(27(36)37)24(33(2)25(31-23)26-30-9-11-39-26)15-4-7-19-16(12-15)13-34(32-19)10-8-20(35)38-3/h5-6,9,11,13,15,23H,4,7-8,10,12H2,1-3H3,(H,36,37). The van der Waals surface area contributed by atoms with Gasteiger partial charge in [-0.15, -0.1) is 11.3 Å². The fraction of sp³-hybridized carbons (Fsp3) is 0.370. The molecule has 3 aromatic rings. The number of hydrogen-bond acceptors (Lipinski definition) is 8. The third kappa shape index (κ3) is 4.96. The van der Waals surface area contributed by atoms with Gasteiger partial charge in [0, 0.05) is 36.4 Å². The number of allylic oxidation sites excluding steroid dienone is 1. The minimum absolute atomic E-state index is 0.0164. The van der Waals surface area contributed by atoms with Crippen LogP contribution < -0.4 is 0 Å². The molecule has 204 valence electrons. The van der Waals surface area contributed by atoms with E-state index in [0.717, 1.165) is 17.3 Å². The van der Waals surface area contributed by atoms with Gasteiger partial charge in [-0.25, -0.2) is 18.6 Å². The van der Waals surface area contributed by atoms with Crippen molar-refractivity contribution in [1.29, 1.82) is 0 Å². The molecular weight excluding hydrogens is 528 g/mol. The van der Waals surface area contributed by atoms with Crippen molar-refractivity contribution in [2.75, 3.05) is 14.2 Å². The smallest absolute Gasteiger partial charge is 0.335 e. The molecular formula is C27H27F2N5O4S. The summed E-state index contributed by atoms with van der Waals surface area (Å²) in [5, 5.41) is 17.5. The van der Waals surface area contributed by atoms with Gasteiger partial charge in [0.1, 0.15) is 6.04 Å². The summed E-state index contributed by atoms with van der Waals surface area (Å²) < 4.78 is 35.1. The molecule has 1 aliphatic carbocycles. The fourth-order valence-electron chi connectivity index (χ4n) is 5.37. The van der Waals surface area contributed by atoms with E-state index < -0.39 is 23.6 Å². The second-order valence-corrected chi connectivity index (χ2v) is 10.5. The molecule has 3 heterocycles. The van der Waals surface area contributed by atoms with E-state index in [-0.39, 0.29) is 35.0 Å². The predicted octanol–water partition coefficient (Wildman–Crippen LogP) is 4.07. The van der Waals surface area contributed by atoms with Gasteiger partial charge in [-0.1, -0.05) is 6.07 Å². The summed E-state index contributed by atoms with van der Waals surface area (Å²) in [6.07, 6.45) is 5.50. The maximum absolute atomic E-state index is 14.6.